The predicted molar refractivity (Wildman–Crippen MR) is 60.5 cm³/mol. The van der Waals surface area contributed by atoms with Crippen LogP contribution >= 0.6 is 0 Å². The second kappa shape index (κ2) is 5.28. The van der Waals surface area contributed by atoms with Crippen LogP contribution in [-0.2, 0) is 6.54 Å². The molecular weight excluding hydrogens is 188 g/mol. The summed E-state index contributed by atoms with van der Waals surface area (Å²) in [5.74, 6) is 0. The van der Waals surface area contributed by atoms with Crippen LogP contribution in [0.4, 0.5) is 0 Å². The number of aromatic nitrogens is 2. The standard InChI is InChI=1S/C11H20N4/c12-4-8-15(11-2-3-11)7-1-6-14-9-5-13-10-14/h5,9-11H,1-4,6-8,12H2. The fourth-order valence-electron chi connectivity index (χ4n) is 1.96. The fourth-order valence-corrected chi connectivity index (χ4v) is 1.96. The smallest absolute Gasteiger partial charge is 0.0945 e. The topological polar surface area (TPSA) is 47.1 Å². The summed E-state index contributed by atoms with van der Waals surface area (Å²) in [4.78, 5) is 6.56. The first-order chi connectivity index (χ1) is 7.40. The van der Waals surface area contributed by atoms with E-state index in [4.69, 9.17) is 5.73 Å². The van der Waals surface area contributed by atoms with Crippen molar-refractivity contribution >= 4 is 0 Å². The molecular formula is C11H20N4. The molecule has 0 amide bonds. The molecule has 1 heterocycles. The molecule has 0 spiro atoms. The molecule has 0 radical (unpaired) electrons. The van der Waals surface area contributed by atoms with E-state index in [1.165, 1.54) is 25.8 Å². The number of hydrogen-bond donors (Lipinski definition) is 1. The summed E-state index contributed by atoms with van der Waals surface area (Å²) in [6, 6.07) is 0.830. The molecule has 1 aromatic rings. The molecule has 2 rings (SSSR count). The lowest BCUT2D eigenvalue weighted by atomic mass is 10.3. The second-order valence-electron chi connectivity index (χ2n) is 4.21. The van der Waals surface area contributed by atoms with Crippen molar-refractivity contribution in [1.29, 1.82) is 0 Å². The van der Waals surface area contributed by atoms with Crippen molar-refractivity contribution in [3.05, 3.63) is 18.7 Å². The van der Waals surface area contributed by atoms with E-state index in [1.54, 1.807) is 0 Å². The molecule has 0 aliphatic heterocycles. The van der Waals surface area contributed by atoms with Gasteiger partial charge in [0.05, 0.1) is 6.33 Å². The molecule has 4 heteroatoms. The zero-order chi connectivity index (χ0) is 10.5. The minimum atomic E-state index is 0.779. The Hall–Kier alpha value is -0.870. The van der Waals surface area contributed by atoms with Crippen LogP contribution in [0.2, 0.25) is 0 Å². The van der Waals surface area contributed by atoms with Crippen molar-refractivity contribution in [2.45, 2.75) is 31.8 Å². The Morgan fingerprint density at radius 3 is 2.87 bits per heavy atom. The number of imidazole rings is 1. The molecule has 1 fully saturated rings. The Kier molecular flexibility index (Phi) is 3.75. The fraction of sp³-hybridized carbons (Fsp3) is 0.727. The van der Waals surface area contributed by atoms with Crippen LogP contribution < -0.4 is 5.73 Å². The Morgan fingerprint density at radius 1 is 1.40 bits per heavy atom. The first-order valence-corrected chi connectivity index (χ1v) is 5.80. The van der Waals surface area contributed by atoms with E-state index in [1.807, 2.05) is 18.7 Å². The average molecular weight is 208 g/mol. The third kappa shape index (κ3) is 3.32. The van der Waals surface area contributed by atoms with Crippen molar-refractivity contribution in [2.24, 2.45) is 5.73 Å². The van der Waals surface area contributed by atoms with Crippen molar-refractivity contribution in [1.82, 2.24) is 14.5 Å². The summed E-state index contributed by atoms with van der Waals surface area (Å²) in [7, 11) is 0. The van der Waals surface area contributed by atoms with Crippen LogP contribution in [0.5, 0.6) is 0 Å². The normalized spacial score (nSPS) is 16.1. The number of hydrogen-bond acceptors (Lipinski definition) is 3. The van der Waals surface area contributed by atoms with Gasteiger partial charge in [-0.1, -0.05) is 0 Å². The number of nitrogens with zero attached hydrogens (tertiary/aromatic N) is 3. The van der Waals surface area contributed by atoms with Gasteiger partial charge in [-0.05, 0) is 19.3 Å². The molecule has 0 atom stereocenters. The zero-order valence-corrected chi connectivity index (χ0v) is 9.18. The molecule has 4 nitrogen and oxygen atoms in total. The monoisotopic (exact) mass is 208 g/mol. The molecule has 1 aliphatic rings. The van der Waals surface area contributed by atoms with E-state index in [2.05, 4.69) is 14.5 Å². The predicted octanol–water partition coefficient (Wildman–Crippen LogP) is 0.696. The molecule has 0 saturated heterocycles. The van der Waals surface area contributed by atoms with E-state index in [0.29, 0.717) is 0 Å². The lowest BCUT2D eigenvalue weighted by Crippen LogP contribution is -2.32. The van der Waals surface area contributed by atoms with Gasteiger partial charge in [-0.25, -0.2) is 4.98 Å². The molecule has 0 unspecified atom stereocenters. The molecule has 0 bridgehead atoms. The molecule has 0 aromatic carbocycles. The lowest BCUT2D eigenvalue weighted by molar-refractivity contribution is 0.262. The first kappa shape index (κ1) is 10.6. The van der Waals surface area contributed by atoms with E-state index in [9.17, 15) is 0 Å². The summed E-state index contributed by atoms with van der Waals surface area (Å²) in [5.41, 5.74) is 5.60. The van der Waals surface area contributed by atoms with Gasteiger partial charge in [0.15, 0.2) is 0 Å². The molecule has 15 heavy (non-hydrogen) atoms. The van der Waals surface area contributed by atoms with Crippen LogP contribution in [0, 0.1) is 0 Å². The van der Waals surface area contributed by atoms with Gasteiger partial charge in [0.1, 0.15) is 0 Å². The number of rotatable bonds is 7. The summed E-state index contributed by atoms with van der Waals surface area (Å²) in [6.45, 7) is 4.06. The van der Waals surface area contributed by atoms with Gasteiger partial charge in [-0.3, -0.25) is 4.90 Å². The first-order valence-electron chi connectivity index (χ1n) is 5.80. The van der Waals surface area contributed by atoms with Crippen molar-refractivity contribution in [2.75, 3.05) is 19.6 Å². The van der Waals surface area contributed by atoms with Crippen LogP contribution in [0.1, 0.15) is 19.3 Å². The van der Waals surface area contributed by atoms with E-state index in [0.717, 1.165) is 25.7 Å². The third-order valence-electron chi connectivity index (χ3n) is 2.90. The van der Waals surface area contributed by atoms with Gasteiger partial charge in [0.2, 0.25) is 0 Å². The summed E-state index contributed by atoms with van der Waals surface area (Å²) in [5, 5.41) is 0. The summed E-state index contributed by atoms with van der Waals surface area (Å²) >= 11 is 0. The number of aryl methyl sites for hydroxylation is 1. The molecule has 84 valence electrons. The molecule has 2 N–H and O–H groups in total. The van der Waals surface area contributed by atoms with Crippen LogP contribution in [0.3, 0.4) is 0 Å². The zero-order valence-electron chi connectivity index (χ0n) is 9.18. The summed E-state index contributed by atoms with van der Waals surface area (Å²) in [6.07, 6.45) is 9.65. The van der Waals surface area contributed by atoms with Crippen LogP contribution in [0.15, 0.2) is 18.7 Å². The highest BCUT2D eigenvalue weighted by molar-refractivity contribution is 4.84. The highest BCUT2D eigenvalue weighted by atomic mass is 15.2. The van der Waals surface area contributed by atoms with Crippen molar-refractivity contribution < 1.29 is 0 Å². The van der Waals surface area contributed by atoms with Gasteiger partial charge < -0.3 is 10.3 Å². The number of nitrogens with two attached hydrogens (primary N) is 1. The van der Waals surface area contributed by atoms with E-state index >= 15 is 0 Å². The maximum absolute atomic E-state index is 5.60. The van der Waals surface area contributed by atoms with E-state index in [-0.39, 0.29) is 0 Å². The highest BCUT2D eigenvalue weighted by Crippen LogP contribution is 2.26. The average Bonchev–Trinajstić information content (AvgIpc) is 2.96. The van der Waals surface area contributed by atoms with Gasteiger partial charge in [-0.15, -0.1) is 0 Å². The Morgan fingerprint density at radius 2 is 2.27 bits per heavy atom. The lowest BCUT2D eigenvalue weighted by Gasteiger charge is -2.20. The van der Waals surface area contributed by atoms with Gasteiger partial charge in [0, 0.05) is 44.6 Å². The molecule has 1 aromatic heterocycles. The van der Waals surface area contributed by atoms with Crippen LogP contribution in [-0.4, -0.2) is 40.1 Å². The van der Waals surface area contributed by atoms with Crippen molar-refractivity contribution in [3.8, 4) is 0 Å². The van der Waals surface area contributed by atoms with Crippen molar-refractivity contribution in [3.63, 3.8) is 0 Å². The van der Waals surface area contributed by atoms with Crippen LogP contribution in [0.25, 0.3) is 0 Å². The highest BCUT2D eigenvalue weighted by Gasteiger charge is 2.27. The SMILES string of the molecule is NCCN(CCCn1ccnc1)C1CC1. The van der Waals surface area contributed by atoms with Gasteiger partial charge >= 0.3 is 0 Å². The Balaban J connectivity index is 1.66. The quantitative estimate of drug-likeness (QED) is 0.717. The maximum Gasteiger partial charge on any atom is 0.0945 e. The maximum atomic E-state index is 5.60. The minimum absolute atomic E-state index is 0.779. The second-order valence-corrected chi connectivity index (χ2v) is 4.21. The largest absolute Gasteiger partial charge is 0.337 e. The third-order valence-corrected chi connectivity index (χ3v) is 2.90. The molecule has 1 saturated carbocycles. The summed E-state index contributed by atoms with van der Waals surface area (Å²) < 4.78 is 2.13. The minimum Gasteiger partial charge on any atom is -0.337 e. The Labute approximate surface area is 91.1 Å². The van der Waals surface area contributed by atoms with Gasteiger partial charge in [-0.2, -0.15) is 0 Å². The van der Waals surface area contributed by atoms with Gasteiger partial charge in [0.25, 0.3) is 0 Å². The Bertz CT molecular complexity index is 266. The van der Waals surface area contributed by atoms with E-state index < -0.39 is 0 Å². The molecule has 1 aliphatic carbocycles.